The van der Waals surface area contributed by atoms with Crippen LogP contribution in [-0.4, -0.2) is 23.7 Å². The molecule has 0 radical (unpaired) electrons. The van der Waals surface area contributed by atoms with Gasteiger partial charge in [0.1, 0.15) is 0 Å². The van der Waals surface area contributed by atoms with Crippen LogP contribution in [0.1, 0.15) is 46.3 Å². The summed E-state index contributed by atoms with van der Waals surface area (Å²) in [4.78, 5) is 5.64. The molecule has 4 rings (SSSR count). The molecule has 0 saturated heterocycles. The van der Waals surface area contributed by atoms with Crippen LogP contribution >= 0.6 is 11.3 Å². The first-order valence-corrected chi connectivity index (χ1v) is 9.61. The second-order valence-electron chi connectivity index (χ2n) is 7.42. The Morgan fingerprint density at radius 2 is 2.12 bits per heavy atom. The molecule has 1 aromatic heterocycles. The molecule has 1 unspecified atom stereocenters. The lowest BCUT2D eigenvalue weighted by Crippen LogP contribution is -2.38. The van der Waals surface area contributed by atoms with Crippen molar-refractivity contribution in [2.45, 2.75) is 45.7 Å². The highest BCUT2D eigenvalue weighted by atomic mass is 32.1. The Balaban J connectivity index is 1.67. The fraction of sp³-hybridized carbons (Fsp3) is 0.500. The number of ether oxygens (including phenoxy) is 1. The normalized spacial score (nSPS) is 19.8. The lowest BCUT2D eigenvalue weighted by molar-refractivity contribution is 0.163. The molecular formula is C20H25NO2S. The van der Waals surface area contributed by atoms with Crippen LogP contribution in [0, 0.1) is 5.92 Å². The second-order valence-corrected chi connectivity index (χ2v) is 8.64. The first-order chi connectivity index (χ1) is 11.5. The minimum Gasteiger partial charge on any atom is -0.504 e. The molecule has 0 spiro atoms. The third-order valence-electron chi connectivity index (χ3n) is 5.23. The molecule has 1 N–H and O–H groups in total. The van der Waals surface area contributed by atoms with Gasteiger partial charge < -0.3 is 9.84 Å². The molecule has 3 nitrogen and oxygen atoms in total. The maximum atomic E-state index is 10.2. The van der Waals surface area contributed by atoms with Crippen LogP contribution in [0.5, 0.6) is 11.5 Å². The Bertz CT molecular complexity index is 765. The van der Waals surface area contributed by atoms with Gasteiger partial charge in [-0.2, -0.15) is 0 Å². The highest BCUT2D eigenvalue weighted by Gasteiger charge is 2.33. The van der Waals surface area contributed by atoms with Crippen molar-refractivity contribution in [1.29, 1.82) is 0 Å². The number of hydrogen-bond acceptors (Lipinski definition) is 4. The van der Waals surface area contributed by atoms with Crippen LogP contribution in [-0.2, 0) is 25.8 Å². The molecule has 1 aromatic carbocycles. The standard InChI is InChI=1S/C20H25NO2S/c1-12(2)6-15-7-14-8-17-16-10-18(22)19(23-3)9-13(16)4-5-21(17)11-20(14)24-15/h7,9-10,12,17,22H,4-6,8,11H2,1-3H3. The highest BCUT2D eigenvalue weighted by Crippen LogP contribution is 2.43. The predicted molar refractivity (Wildman–Crippen MR) is 98.1 cm³/mol. The number of aromatic hydroxyl groups is 1. The molecular weight excluding hydrogens is 318 g/mol. The van der Waals surface area contributed by atoms with E-state index in [9.17, 15) is 5.11 Å². The quantitative estimate of drug-likeness (QED) is 0.901. The molecule has 0 aliphatic carbocycles. The van der Waals surface area contributed by atoms with Crippen LogP contribution in [0.25, 0.3) is 0 Å². The van der Waals surface area contributed by atoms with Crippen molar-refractivity contribution in [3.05, 3.63) is 44.6 Å². The van der Waals surface area contributed by atoms with Crippen molar-refractivity contribution in [2.75, 3.05) is 13.7 Å². The number of hydrogen-bond donors (Lipinski definition) is 1. The van der Waals surface area contributed by atoms with Crippen molar-refractivity contribution in [3.8, 4) is 11.5 Å². The Morgan fingerprint density at radius 3 is 2.88 bits per heavy atom. The van der Waals surface area contributed by atoms with Gasteiger partial charge in [-0.3, -0.25) is 4.90 Å². The van der Waals surface area contributed by atoms with Gasteiger partial charge in [-0.25, -0.2) is 0 Å². The van der Waals surface area contributed by atoms with Gasteiger partial charge in [-0.05, 0) is 60.1 Å². The van der Waals surface area contributed by atoms with Crippen molar-refractivity contribution < 1.29 is 9.84 Å². The number of fused-ring (bicyclic) bond motifs is 4. The maximum absolute atomic E-state index is 10.2. The van der Waals surface area contributed by atoms with Crippen LogP contribution in [0.4, 0.5) is 0 Å². The number of thiophene rings is 1. The summed E-state index contributed by atoms with van der Waals surface area (Å²) < 4.78 is 5.28. The van der Waals surface area contributed by atoms with E-state index in [0.717, 1.165) is 25.9 Å². The lowest BCUT2D eigenvalue weighted by atomic mass is 9.86. The second kappa shape index (κ2) is 6.08. The zero-order chi connectivity index (χ0) is 16.8. The number of nitrogens with zero attached hydrogens (tertiary/aromatic N) is 1. The fourth-order valence-electron chi connectivity index (χ4n) is 4.09. The molecule has 24 heavy (non-hydrogen) atoms. The van der Waals surface area contributed by atoms with Gasteiger partial charge in [0.25, 0.3) is 0 Å². The minimum absolute atomic E-state index is 0.259. The lowest BCUT2D eigenvalue weighted by Gasteiger charge is -2.40. The largest absolute Gasteiger partial charge is 0.504 e. The SMILES string of the molecule is COc1cc2c(cc1O)C1Cc3cc(CC(C)C)sc3CN1CC2. The van der Waals surface area contributed by atoms with Crippen molar-refractivity contribution >= 4 is 11.3 Å². The first-order valence-electron chi connectivity index (χ1n) is 8.79. The molecule has 1 atom stereocenters. The molecule has 0 fully saturated rings. The first kappa shape index (κ1) is 16.0. The maximum Gasteiger partial charge on any atom is 0.160 e. The molecule has 2 aromatic rings. The third-order valence-corrected chi connectivity index (χ3v) is 6.41. The molecule has 0 amide bonds. The smallest absolute Gasteiger partial charge is 0.160 e. The van der Waals surface area contributed by atoms with Crippen molar-refractivity contribution in [1.82, 2.24) is 4.90 Å². The molecule has 0 saturated carbocycles. The van der Waals surface area contributed by atoms with Gasteiger partial charge in [0.05, 0.1) is 7.11 Å². The summed E-state index contributed by atoms with van der Waals surface area (Å²) in [6.07, 6.45) is 3.27. The van der Waals surface area contributed by atoms with Crippen molar-refractivity contribution in [2.24, 2.45) is 5.92 Å². The number of benzene rings is 1. The van der Waals surface area contributed by atoms with Crippen LogP contribution < -0.4 is 4.74 Å². The number of phenolic OH excluding ortho intramolecular Hbond substituents is 1. The van der Waals surface area contributed by atoms with E-state index in [-0.39, 0.29) is 5.75 Å². The molecule has 128 valence electrons. The monoisotopic (exact) mass is 343 g/mol. The third kappa shape index (κ3) is 2.72. The summed E-state index contributed by atoms with van der Waals surface area (Å²) in [6, 6.07) is 6.77. The number of rotatable bonds is 3. The fourth-order valence-corrected chi connectivity index (χ4v) is 5.53. The van der Waals surface area contributed by atoms with E-state index in [2.05, 4.69) is 24.8 Å². The Morgan fingerprint density at radius 1 is 1.29 bits per heavy atom. The molecule has 4 heteroatoms. The molecule has 2 aliphatic rings. The topological polar surface area (TPSA) is 32.7 Å². The van der Waals surface area contributed by atoms with E-state index in [1.165, 1.54) is 28.0 Å². The summed E-state index contributed by atoms with van der Waals surface area (Å²) in [5, 5.41) is 10.2. The van der Waals surface area contributed by atoms with Gasteiger partial charge in [-0.15, -0.1) is 11.3 Å². The number of phenols is 1. The molecule has 2 aliphatic heterocycles. The van der Waals surface area contributed by atoms with Gasteiger partial charge in [0.15, 0.2) is 11.5 Å². The minimum atomic E-state index is 0.259. The van der Waals surface area contributed by atoms with E-state index >= 15 is 0 Å². The zero-order valence-corrected chi connectivity index (χ0v) is 15.4. The Kier molecular flexibility index (Phi) is 4.05. The molecule has 3 heterocycles. The highest BCUT2D eigenvalue weighted by molar-refractivity contribution is 7.12. The summed E-state index contributed by atoms with van der Waals surface area (Å²) in [6.45, 7) is 6.71. The van der Waals surface area contributed by atoms with Gasteiger partial charge in [-0.1, -0.05) is 13.8 Å². The average Bonchev–Trinajstić information content (AvgIpc) is 2.92. The summed E-state index contributed by atoms with van der Waals surface area (Å²) in [5.74, 6) is 1.56. The van der Waals surface area contributed by atoms with Gasteiger partial charge >= 0.3 is 0 Å². The summed E-state index contributed by atoms with van der Waals surface area (Å²) in [5.41, 5.74) is 4.12. The Hall–Kier alpha value is -1.52. The van der Waals surface area contributed by atoms with E-state index in [1.807, 2.05) is 23.5 Å². The van der Waals surface area contributed by atoms with Gasteiger partial charge in [0.2, 0.25) is 0 Å². The van der Waals surface area contributed by atoms with E-state index in [1.54, 1.807) is 12.0 Å². The van der Waals surface area contributed by atoms with Crippen LogP contribution in [0.3, 0.4) is 0 Å². The summed E-state index contributed by atoms with van der Waals surface area (Å²) in [7, 11) is 1.62. The average molecular weight is 343 g/mol. The zero-order valence-electron chi connectivity index (χ0n) is 14.6. The van der Waals surface area contributed by atoms with E-state index in [0.29, 0.717) is 17.7 Å². The number of methoxy groups -OCH3 is 1. The molecule has 0 bridgehead atoms. The van der Waals surface area contributed by atoms with E-state index < -0.39 is 0 Å². The van der Waals surface area contributed by atoms with Crippen LogP contribution in [0.2, 0.25) is 0 Å². The van der Waals surface area contributed by atoms with Gasteiger partial charge in [0, 0.05) is 28.9 Å². The van der Waals surface area contributed by atoms with Crippen molar-refractivity contribution in [3.63, 3.8) is 0 Å². The van der Waals surface area contributed by atoms with E-state index in [4.69, 9.17) is 4.74 Å². The summed E-state index contributed by atoms with van der Waals surface area (Å²) >= 11 is 2.00. The predicted octanol–water partition coefficient (Wildman–Crippen LogP) is 4.32. The Labute approximate surface area is 147 Å². The van der Waals surface area contributed by atoms with Crippen LogP contribution in [0.15, 0.2) is 18.2 Å².